The minimum absolute atomic E-state index is 0.497. The quantitative estimate of drug-likeness (QED) is 0.892. The van der Waals surface area contributed by atoms with Crippen molar-refractivity contribution in [1.29, 1.82) is 0 Å². The molecule has 4 rings (SSSR count). The van der Waals surface area contributed by atoms with Gasteiger partial charge >= 0.3 is 0 Å². The second-order valence-corrected chi connectivity index (χ2v) is 7.83. The van der Waals surface area contributed by atoms with Crippen LogP contribution in [0.2, 0.25) is 0 Å². The normalized spacial score (nSPS) is 20.0. The number of hydrogen-bond donors (Lipinski definition) is 1. The summed E-state index contributed by atoms with van der Waals surface area (Å²) in [5.41, 5.74) is 4.88. The zero-order valence-electron chi connectivity index (χ0n) is 15.6. The molecule has 2 heterocycles. The average Bonchev–Trinajstić information content (AvgIpc) is 3.03. The second kappa shape index (κ2) is 7.77. The van der Waals surface area contributed by atoms with E-state index in [-0.39, 0.29) is 0 Å². The Bertz CT molecular complexity index is 748. The number of nitrogens with zero attached hydrogens (tertiary/aromatic N) is 3. The van der Waals surface area contributed by atoms with Crippen LogP contribution in [-0.2, 0) is 13.5 Å². The molecule has 1 aromatic carbocycles. The maximum Gasteiger partial charge on any atom is 0.0860 e. The Labute approximate surface area is 156 Å². The molecular weight excluding hydrogens is 322 g/mol. The summed E-state index contributed by atoms with van der Waals surface area (Å²) in [5, 5.41) is 14.5. The van der Waals surface area contributed by atoms with Gasteiger partial charge in [-0.05, 0) is 36.8 Å². The first-order valence-corrected chi connectivity index (χ1v) is 9.86. The number of aromatic nitrogens is 2. The Kier molecular flexibility index (Phi) is 5.23. The highest BCUT2D eigenvalue weighted by atomic mass is 16.3. The second-order valence-electron chi connectivity index (χ2n) is 7.83. The Morgan fingerprint density at radius 1 is 1.19 bits per heavy atom. The van der Waals surface area contributed by atoms with Crippen molar-refractivity contribution in [1.82, 2.24) is 14.7 Å². The Hall–Kier alpha value is -1.91. The molecule has 2 fully saturated rings. The molecule has 26 heavy (non-hydrogen) atoms. The summed E-state index contributed by atoms with van der Waals surface area (Å²) in [7, 11) is 1.87. The molecule has 1 saturated heterocycles. The first kappa shape index (κ1) is 17.5. The summed E-state index contributed by atoms with van der Waals surface area (Å²) in [6, 6.07) is 9.50. The fourth-order valence-electron chi connectivity index (χ4n) is 4.01. The third-order valence-electron chi connectivity index (χ3n) is 5.92. The van der Waals surface area contributed by atoms with E-state index in [1.54, 1.807) is 16.5 Å². The van der Waals surface area contributed by atoms with E-state index < -0.39 is 6.10 Å². The lowest BCUT2D eigenvalue weighted by Gasteiger charge is -2.40. The van der Waals surface area contributed by atoms with E-state index in [1.807, 2.05) is 13.2 Å². The van der Waals surface area contributed by atoms with Gasteiger partial charge in [0.25, 0.3) is 0 Å². The molecule has 1 aliphatic carbocycles. The molecule has 0 radical (unpaired) electrons. The van der Waals surface area contributed by atoms with Crippen molar-refractivity contribution >= 4 is 6.08 Å². The van der Waals surface area contributed by atoms with Gasteiger partial charge in [0.05, 0.1) is 12.3 Å². The molecule has 138 valence electrons. The van der Waals surface area contributed by atoms with Gasteiger partial charge in [-0.1, -0.05) is 42.3 Å². The average molecular weight is 351 g/mol. The van der Waals surface area contributed by atoms with Crippen molar-refractivity contribution in [3.8, 4) is 0 Å². The third-order valence-corrected chi connectivity index (χ3v) is 5.92. The zero-order valence-corrected chi connectivity index (χ0v) is 15.6. The van der Waals surface area contributed by atoms with Crippen LogP contribution in [0.3, 0.4) is 0 Å². The number of likely N-dealkylation sites (tertiary alicyclic amines) is 1. The molecule has 4 heteroatoms. The van der Waals surface area contributed by atoms with Crippen molar-refractivity contribution in [3.63, 3.8) is 0 Å². The van der Waals surface area contributed by atoms with Crippen LogP contribution in [0, 0.1) is 0 Å². The summed E-state index contributed by atoms with van der Waals surface area (Å²) in [6.45, 7) is 2.46. The monoisotopic (exact) mass is 351 g/mol. The summed E-state index contributed by atoms with van der Waals surface area (Å²) >= 11 is 0. The predicted molar refractivity (Wildman–Crippen MR) is 105 cm³/mol. The topological polar surface area (TPSA) is 41.3 Å². The van der Waals surface area contributed by atoms with Crippen molar-refractivity contribution in [2.24, 2.45) is 7.05 Å². The van der Waals surface area contributed by atoms with Crippen molar-refractivity contribution in [2.75, 3.05) is 13.1 Å². The van der Waals surface area contributed by atoms with Gasteiger partial charge in [-0.15, -0.1) is 0 Å². The van der Waals surface area contributed by atoms with Gasteiger partial charge in [0.2, 0.25) is 0 Å². The lowest BCUT2D eigenvalue weighted by molar-refractivity contribution is 0.118. The Morgan fingerprint density at radius 3 is 2.50 bits per heavy atom. The van der Waals surface area contributed by atoms with Gasteiger partial charge in [-0.2, -0.15) is 5.10 Å². The van der Waals surface area contributed by atoms with E-state index in [9.17, 15) is 5.11 Å². The number of aliphatic hydroxyl groups excluding tert-OH is 1. The molecule has 1 aromatic heterocycles. The van der Waals surface area contributed by atoms with Gasteiger partial charge in [-0.3, -0.25) is 9.58 Å². The van der Waals surface area contributed by atoms with Crippen LogP contribution in [0.4, 0.5) is 0 Å². The highest BCUT2D eigenvalue weighted by Gasteiger charge is 2.26. The summed E-state index contributed by atoms with van der Waals surface area (Å²) < 4.78 is 1.73. The summed E-state index contributed by atoms with van der Waals surface area (Å²) in [5.74, 6) is 0. The minimum atomic E-state index is -0.497. The standard InChI is InChI=1S/C22H29N3O/c1-24-16-20(15-23-24)22(26)14-18-7-5-17(6-8-18)13-19-9-11-25(12-10-19)21-3-2-4-21/h5-8,13,15-16,21-22,26H,2-4,9-12,14H2,1H3. The molecule has 1 aliphatic heterocycles. The van der Waals surface area contributed by atoms with Crippen LogP contribution in [-0.4, -0.2) is 38.9 Å². The predicted octanol–water partition coefficient (Wildman–Crippen LogP) is 3.73. The largest absolute Gasteiger partial charge is 0.388 e. The molecule has 2 aromatic rings. The van der Waals surface area contributed by atoms with E-state index in [2.05, 4.69) is 40.3 Å². The fraction of sp³-hybridized carbons (Fsp3) is 0.500. The smallest absolute Gasteiger partial charge is 0.0860 e. The van der Waals surface area contributed by atoms with Crippen LogP contribution in [0.15, 0.2) is 42.2 Å². The third kappa shape index (κ3) is 4.08. The van der Waals surface area contributed by atoms with E-state index in [1.165, 1.54) is 50.8 Å². The zero-order chi connectivity index (χ0) is 17.9. The van der Waals surface area contributed by atoms with Crippen LogP contribution >= 0.6 is 0 Å². The molecule has 1 N–H and O–H groups in total. The fourth-order valence-corrected chi connectivity index (χ4v) is 4.01. The van der Waals surface area contributed by atoms with Crippen LogP contribution < -0.4 is 0 Å². The highest BCUT2D eigenvalue weighted by molar-refractivity contribution is 5.53. The maximum absolute atomic E-state index is 10.3. The van der Waals surface area contributed by atoms with Gasteiger partial charge in [0.15, 0.2) is 0 Å². The van der Waals surface area contributed by atoms with Gasteiger partial charge in [0.1, 0.15) is 0 Å². The number of aliphatic hydroxyl groups is 1. The maximum atomic E-state index is 10.3. The van der Waals surface area contributed by atoms with Gasteiger partial charge in [-0.25, -0.2) is 0 Å². The molecule has 0 spiro atoms. The SMILES string of the molecule is Cn1cc(C(O)Cc2ccc(C=C3CCN(C4CCC4)CC3)cc2)cn1. The molecule has 2 aliphatic rings. The molecular formula is C22H29N3O. The van der Waals surface area contributed by atoms with Gasteiger partial charge in [0, 0.05) is 44.4 Å². The first-order chi connectivity index (χ1) is 12.7. The lowest BCUT2D eigenvalue weighted by atomic mass is 9.89. The Balaban J connectivity index is 1.32. The molecule has 0 bridgehead atoms. The van der Waals surface area contributed by atoms with E-state index >= 15 is 0 Å². The summed E-state index contributed by atoms with van der Waals surface area (Å²) in [4.78, 5) is 2.68. The van der Waals surface area contributed by atoms with Crippen molar-refractivity contribution < 1.29 is 5.11 Å². The number of hydrogen-bond acceptors (Lipinski definition) is 3. The van der Waals surface area contributed by atoms with Crippen molar-refractivity contribution in [2.45, 2.75) is 50.7 Å². The molecule has 1 saturated carbocycles. The van der Waals surface area contributed by atoms with Crippen molar-refractivity contribution in [3.05, 3.63) is 58.9 Å². The number of rotatable bonds is 5. The van der Waals surface area contributed by atoms with E-state index in [4.69, 9.17) is 0 Å². The molecule has 0 amide bonds. The molecule has 1 atom stereocenters. The molecule has 4 nitrogen and oxygen atoms in total. The minimum Gasteiger partial charge on any atom is -0.388 e. The van der Waals surface area contributed by atoms with Crippen LogP contribution in [0.1, 0.15) is 54.9 Å². The number of piperidine rings is 1. The molecule has 1 unspecified atom stereocenters. The lowest BCUT2D eigenvalue weighted by Crippen LogP contribution is -2.43. The van der Waals surface area contributed by atoms with Crippen LogP contribution in [0.5, 0.6) is 0 Å². The number of aryl methyl sites for hydroxylation is 1. The summed E-state index contributed by atoms with van der Waals surface area (Å²) in [6.07, 6.45) is 12.7. The highest BCUT2D eigenvalue weighted by Crippen LogP contribution is 2.29. The van der Waals surface area contributed by atoms with Crippen LogP contribution in [0.25, 0.3) is 6.08 Å². The van der Waals surface area contributed by atoms with Gasteiger partial charge < -0.3 is 5.11 Å². The van der Waals surface area contributed by atoms with E-state index in [0.29, 0.717) is 6.42 Å². The first-order valence-electron chi connectivity index (χ1n) is 9.86. The number of benzene rings is 1. The van der Waals surface area contributed by atoms with E-state index in [0.717, 1.165) is 17.2 Å². The Morgan fingerprint density at radius 2 is 1.92 bits per heavy atom.